The summed E-state index contributed by atoms with van der Waals surface area (Å²) in [5.41, 5.74) is -0.324. The van der Waals surface area contributed by atoms with Crippen molar-refractivity contribution < 1.29 is 4.79 Å². The summed E-state index contributed by atoms with van der Waals surface area (Å²) in [6, 6.07) is 0. The lowest BCUT2D eigenvalue weighted by Gasteiger charge is -2.26. The van der Waals surface area contributed by atoms with Gasteiger partial charge >= 0.3 is 0 Å². The Bertz CT molecular complexity index is 256. The Kier molecular flexibility index (Phi) is 3.97. The fourth-order valence-corrected chi connectivity index (χ4v) is 1.84. The van der Waals surface area contributed by atoms with E-state index in [1.165, 1.54) is 0 Å². The van der Waals surface area contributed by atoms with Gasteiger partial charge in [0.2, 0.25) is 5.91 Å². The van der Waals surface area contributed by atoms with Crippen LogP contribution in [0.15, 0.2) is 0 Å². The Hall–Kier alpha value is -1.01. The van der Waals surface area contributed by atoms with Gasteiger partial charge in [-0.25, -0.2) is 0 Å². The summed E-state index contributed by atoms with van der Waals surface area (Å²) < 4.78 is 0. The molecule has 78 valence electrons. The van der Waals surface area contributed by atoms with E-state index >= 15 is 0 Å². The van der Waals surface area contributed by atoms with Crippen LogP contribution in [-0.2, 0) is 4.79 Å². The summed E-state index contributed by atoms with van der Waals surface area (Å²) in [5.74, 6) is 5.69. The lowest BCUT2D eigenvalue weighted by molar-refractivity contribution is -0.127. The molecule has 1 amide bonds. The zero-order chi connectivity index (χ0) is 10.4. The number of nitrogens with one attached hydrogen (secondary N) is 2. The fraction of sp³-hybridized carbons (Fsp3) is 0.727. The van der Waals surface area contributed by atoms with Crippen LogP contribution in [0.3, 0.4) is 0 Å². The van der Waals surface area contributed by atoms with Crippen LogP contribution >= 0.6 is 0 Å². The second kappa shape index (κ2) is 5.02. The summed E-state index contributed by atoms with van der Waals surface area (Å²) in [4.78, 5) is 11.8. The molecule has 1 saturated heterocycles. The van der Waals surface area contributed by atoms with Crippen LogP contribution in [0.25, 0.3) is 0 Å². The van der Waals surface area contributed by atoms with Crippen LogP contribution < -0.4 is 10.6 Å². The van der Waals surface area contributed by atoms with Crippen molar-refractivity contribution in [1.29, 1.82) is 0 Å². The van der Waals surface area contributed by atoms with Crippen molar-refractivity contribution in [2.45, 2.75) is 38.6 Å². The number of hydrogen-bond acceptors (Lipinski definition) is 2. The third-order valence-electron chi connectivity index (χ3n) is 2.80. The largest absolute Gasteiger partial charge is 0.344 e. The van der Waals surface area contributed by atoms with Crippen LogP contribution in [0.5, 0.6) is 0 Å². The van der Waals surface area contributed by atoms with Gasteiger partial charge in [-0.1, -0.05) is 12.8 Å². The highest BCUT2D eigenvalue weighted by Gasteiger charge is 2.38. The van der Waals surface area contributed by atoms with E-state index in [0.29, 0.717) is 6.54 Å². The number of amides is 1. The maximum absolute atomic E-state index is 11.8. The molecule has 1 fully saturated rings. The molecule has 3 heteroatoms. The normalized spacial score (nSPS) is 25.3. The van der Waals surface area contributed by atoms with Gasteiger partial charge in [0.15, 0.2) is 0 Å². The Balaban J connectivity index is 2.50. The highest BCUT2D eigenvalue weighted by molar-refractivity contribution is 5.86. The maximum atomic E-state index is 11.8. The zero-order valence-corrected chi connectivity index (χ0v) is 8.94. The molecule has 1 aliphatic rings. The van der Waals surface area contributed by atoms with Gasteiger partial charge in [-0.2, -0.15) is 0 Å². The summed E-state index contributed by atoms with van der Waals surface area (Å²) >= 11 is 0. The molecule has 0 aromatic heterocycles. The van der Waals surface area contributed by atoms with Gasteiger partial charge in [0.05, 0.1) is 12.1 Å². The molecule has 2 N–H and O–H groups in total. The van der Waals surface area contributed by atoms with E-state index in [1.54, 1.807) is 6.92 Å². The average molecular weight is 194 g/mol. The van der Waals surface area contributed by atoms with Crippen LogP contribution in [0, 0.1) is 11.8 Å². The predicted molar refractivity (Wildman–Crippen MR) is 56.7 cm³/mol. The Morgan fingerprint density at radius 1 is 1.64 bits per heavy atom. The van der Waals surface area contributed by atoms with Crippen molar-refractivity contribution in [2.24, 2.45) is 0 Å². The van der Waals surface area contributed by atoms with Gasteiger partial charge in [-0.3, -0.25) is 4.79 Å². The SMILES string of the molecule is CC#CCNC(=O)C1(CC)CCCN1. The second-order valence-corrected chi connectivity index (χ2v) is 3.58. The molecule has 3 nitrogen and oxygen atoms in total. The van der Waals surface area contributed by atoms with Crippen molar-refractivity contribution in [2.75, 3.05) is 13.1 Å². The lowest BCUT2D eigenvalue weighted by Crippen LogP contribution is -2.53. The molecule has 0 saturated carbocycles. The van der Waals surface area contributed by atoms with Gasteiger partial charge < -0.3 is 10.6 Å². The van der Waals surface area contributed by atoms with E-state index in [0.717, 1.165) is 25.8 Å². The Labute approximate surface area is 85.6 Å². The smallest absolute Gasteiger partial charge is 0.241 e. The molecule has 1 aliphatic heterocycles. The standard InChI is InChI=1S/C11H18N2O/c1-3-5-8-12-10(14)11(4-2)7-6-9-13-11/h13H,4,6-9H2,1-2H3,(H,12,14). The van der Waals surface area contributed by atoms with Crippen LogP contribution in [0.2, 0.25) is 0 Å². The van der Waals surface area contributed by atoms with E-state index in [9.17, 15) is 4.79 Å². The highest BCUT2D eigenvalue weighted by Crippen LogP contribution is 2.22. The molecule has 0 spiro atoms. The minimum absolute atomic E-state index is 0.0975. The van der Waals surface area contributed by atoms with Crippen molar-refractivity contribution in [3.63, 3.8) is 0 Å². The van der Waals surface area contributed by atoms with E-state index in [2.05, 4.69) is 22.5 Å². The van der Waals surface area contributed by atoms with Gasteiger partial charge in [0.1, 0.15) is 0 Å². The van der Waals surface area contributed by atoms with Crippen molar-refractivity contribution in [1.82, 2.24) is 10.6 Å². The molecule has 1 rings (SSSR count). The van der Waals surface area contributed by atoms with Crippen molar-refractivity contribution >= 4 is 5.91 Å². The van der Waals surface area contributed by atoms with Crippen LogP contribution in [-0.4, -0.2) is 24.5 Å². The lowest BCUT2D eigenvalue weighted by atomic mass is 9.93. The van der Waals surface area contributed by atoms with E-state index in [4.69, 9.17) is 0 Å². The van der Waals surface area contributed by atoms with E-state index < -0.39 is 0 Å². The van der Waals surface area contributed by atoms with Crippen LogP contribution in [0.1, 0.15) is 33.1 Å². The molecule has 0 aromatic rings. The molecule has 1 atom stereocenters. The fourth-order valence-electron chi connectivity index (χ4n) is 1.84. The third kappa shape index (κ3) is 2.27. The third-order valence-corrected chi connectivity index (χ3v) is 2.80. The molecule has 0 bridgehead atoms. The topological polar surface area (TPSA) is 41.1 Å². The zero-order valence-electron chi connectivity index (χ0n) is 8.94. The van der Waals surface area contributed by atoms with Crippen molar-refractivity contribution in [3.8, 4) is 11.8 Å². The molecule has 0 aliphatic carbocycles. The molecule has 0 radical (unpaired) electrons. The first-order valence-corrected chi connectivity index (χ1v) is 5.18. The molecule has 1 heterocycles. The summed E-state index contributed by atoms with van der Waals surface area (Å²) in [7, 11) is 0. The molecule has 1 unspecified atom stereocenters. The van der Waals surface area contributed by atoms with E-state index in [1.807, 2.05) is 6.92 Å². The Morgan fingerprint density at radius 3 is 2.93 bits per heavy atom. The molecule has 0 aromatic carbocycles. The maximum Gasteiger partial charge on any atom is 0.241 e. The quantitative estimate of drug-likeness (QED) is 0.648. The average Bonchev–Trinajstić information content (AvgIpc) is 2.67. The number of carbonyl (C=O) groups excluding carboxylic acids is 1. The van der Waals surface area contributed by atoms with E-state index in [-0.39, 0.29) is 11.4 Å². The van der Waals surface area contributed by atoms with Gasteiger partial charge in [0, 0.05) is 0 Å². The highest BCUT2D eigenvalue weighted by atomic mass is 16.2. The number of hydrogen-bond donors (Lipinski definition) is 2. The van der Waals surface area contributed by atoms with Crippen molar-refractivity contribution in [3.05, 3.63) is 0 Å². The van der Waals surface area contributed by atoms with Crippen LogP contribution in [0.4, 0.5) is 0 Å². The molecular formula is C11H18N2O. The minimum atomic E-state index is -0.324. The molecular weight excluding hydrogens is 176 g/mol. The first-order chi connectivity index (χ1) is 6.75. The summed E-state index contributed by atoms with van der Waals surface area (Å²) in [5, 5.41) is 6.13. The Morgan fingerprint density at radius 2 is 2.43 bits per heavy atom. The predicted octanol–water partition coefficient (Wildman–Crippen LogP) is 0.658. The first-order valence-electron chi connectivity index (χ1n) is 5.18. The van der Waals surface area contributed by atoms with Gasteiger partial charge in [-0.15, -0.1) is 5.92 Å². The monoisotopic (exact) mass is 194 g/mol. The number of rotatable bonds is 3. The summed E-state index contributed by atoms with van der Waals surface area (Å²) in [6.07, 6.45) is 2.87. The molecule has 14 heavy (non-hydrogen) atoms. The van der Waals surface area contributed by atoms with Gasteiger partial charge in [0.25, 0.3) is 0 Å². The first kappa shape index (κ1) is 11.1. The van der Waals surface area contributed by atoms with Gasteiger partial charge in [-0.05, 0) is 32.7 Å². The summed E-state index contributed by atoms with van der Waals surface area (Å²) in [6.45, 7) is 5.22. The number of carbonyl (C=O) groups is 1. The second-order valence-electron chi connectivity index (χ2n) is 3.58. The minimum Gasteiger partial charge on any atom is -0.344 e.